The molecule has 1 aliphatic rings. The summed E-state index contributed by atoms with van der Waals surface area (Å²) in [4.78, 5) is 38.3. The second-order valence-electron chi connectivity index (χ2n) is 6.50. The van der Waals surface area contributed by atoms with Gasteiger partial charge in [0.25, 0.3) is 5.91 Å². The van der Waals surface area contributed by atoms with Crippen molar-refractivity contribution < 1.29 is 23.5 Å². The van der Waals surface area contributed by atoms with Crippen molar-refractivity contribution in [2.45, 2.75) is 19.0 Å². The molecule has 29 heavy (non-hydrogen) atoms. The lowest BCUT2D eigenvalue weighted by Gasteiger charge is -2.14. The Morgan fingerprint density at radius 2 is 1.86 bits per heavy atom. The molecule has 9 nitrogen and oxygen atoms in total. The first kappa shape index (κ1) is 18.6. The number of anilines is 1. The number of hydrogen-bond acceptors (Lipinski definition) is 6. The largest absolute Gasteiger partial charge is 0.497 e. The summed E-state index contributed by atoms with van der Waals surface area (Å²) in [6, 6.07) is 15.1. The van der Waals surface area contributed by atoms with Gasteiger partial charge in [-0.15, -0.1) is 0 Å². The number of H-pyrrole nitrogens is 1. The summed E-state index contributed by atoms with van der Waals surface area (Å²) in [6.45, 7) is 0.0458. The fourth-order valence-electron chi connectivity index (χ4n) is 3.24. The van der Waals surface area contributed by atoms with E-state index in [1.807, 2.05) is 6.07 Å². The highest BCUT2D eigenvalue weighted by molar-refractivity contribution is 6.22. The SMILES string of the molecule is COc1ccc(-[n+]2[nH]oc(=O)c2CNC2CC(=O)N(c3ccccc3)C2=O)cc1. The molecule has 4 rings (SSSR count). The molecule has 1 fully saturated rings. The van der Waals surface area contributed by atoms with Gasteiger partial charge in [0.1, 0.15) is 5.75 Å². The number of nitrogens with one attached hydrogen (secondary N) is 2. The van der Waals surface area contributed by atoms with E-state index in [1.165, 1.54) is 4.68 Å². The van der Waals surface area contributed by atoms with Crippen LogP contribution in [0.2, 0.25) is 0 Å². The number of carbonyl (C=O) groups excluding carboxylic acids is 2. The van der Waals surface area contributed by atoms with Crippen LogP contribution in [0.25, 0.3) is 5.69 Å². The lowest BCUT2D eigenvalue weighted by atomic mass is 10.2. The van der Waals surface area contributed by atoms with E-state index in [2.05, 4.69) is 10.6 Å². The lowest BCUT2D eigenvalue weighted by molar-refractivity contribution is -0.677. The van der Waals surface area contributed by atoms with E-state index in [4.69, 9.17) is 9.26 Å². The van der Waals surface area contributed by atoms with Gasteiger partial charge in [-0.05, 0) is 34.2 Å². The number of benzene rings is 2. The first-order valence-corrected chi connectivity index (χ1v) is 9.00. The monoisotopic (exact) mass is 395 g/mol. The maximum Gasteiger partial charge on any atom is 0.431 e. The van der Waals surface area contributed by atoms with Gasteiger partial charge in [-0.2, -0.15) is 0 Å². The molecule has 1 atom stereocenters. The van der Waals surface area contributed by atoms with E-state index in [1.54, 1.807) is 55.6 Å². The average Bonchev–Trinajstić information content (AvgIpc) is 3.25. The molecule has 1 unspecified atom stereocenters. The van der Waals surface area contributed by atoms with Crippen LogP contribution < -0.4 is 25.3 Å². The number of hydrogen-bond donors (Lipinski definition) is 2. The highest BCUT2D eigenvalue weighted by atomic mass is 16.5. The predicted molar refractivity (Wildman–Crippen MR) is 102 cm³/mol. The highest BCUT2D eigenvalue weighted by Crippen LogP contribution is 2.22. The minimum absolute atomic E-state index is 0.0199. The van der Waals surface area contributed by atoms with Crippen LogP contribution in [0.15, 0.2) is 63.9 Å². The maximum atomic E-state index is 12.7. The Labute approximate surface area is 165 Å². The fraction of sp³-hybridized carbons (Fsp3) is 0.200. The van der Waals surface area contributed by atoms with E-state index in [0.29, 0.717) is 17.1 Å². The zero-order chi connectivity index (χ0) is 20.4. The summed E-state index contributed by atoms with van der Waals surface area (Å²) < 4.78 is 11.5. The maximum absolute atomic E-state index is 12.7. The van der Waals surface area contributed by atoms with Crippen LogP contribution >= 0.6 is 0 Å². The van der Waals surface area contributed by atoms with E-state index in [9.17, 15) is 14.4 Å². The summed E-state index contributed by atoms with van der Waals surface area (Å²) >= 11 is 0. The zero-order valence-corrected chi connectivity index (χ0v) is 15.6. The molecule has 1 aliphatic heterocycles. The van der Waals surface area contributed by atoms with Crippen LogP contribution in [-0.2, 0) is 16.1 Å². The summed E-state index contributed by atoms with van der Waals surface area (Å²) in [6.07, 6.45) is 0.0199. The first-order valence-electron chi connectivity index (χ1n) is 9.00. The molecule has 148 valence electrons. The zero-order valence-electron chi connectivity index (χ0n) is 15.6. The molecule has 0 bridgehead atoms. The van der Waals surface area contributed by atoms with Crippen LogP contribution in [0.3, 0.4) is 0 Å². The number of aromatic nitrogens is 2. The predicted octanol–water partition coefficient (Wildman–Crippen LogP) is 0.675. The quantitative estimate of drug-likeness (QED) is 0.469. The van der Waals surface area contributed by atoms with E-state index >= 15 is 0 Å². The number of nitrogens with zero attached hydrogens (tertiary/aromatic N) is 2. The number of aromatic amines is 1. The summed E-state index contributed by atoms with van der Waals surface area (Å²) in [5.74, 6) is 0.0379. The second-order valence-corrected chi connectivity index (χ2v) is 6.50. The number of ether oxygens (including phenoxy) is 1. The van der Waals surface area contributed by atoms with Gasteiger partial charge in [0.15, 0.2) is 0 Å². The third kappa shape index (κ3) is 3.55. The third-order valence-electron chi connectivity index (χ3n) is 4.74. The third-order valence-corrected chi connectivity index (χ3v) is 4.74. The molecule has 1 saturated heterocycles. The highest BCUT2D eigenvalue weighted by Gasteiger charge is 2.40. The van der Waals surface area contributed by atoms with Crippen molar-refractivity contribution in [2.24, 2.45) is 0 Å². The van der Waals surface area contributed by atoms with Crippen molar-refractivity contribution in [3.8, 4) is 11.4 Å². The Balaban J connectivity index is 1.51. The van der Waals surface area contributed by atoms with E-state index in [-0.39, 0.29) is 30.5 Å². The molecule has 9 heteroatoms. The Morgan fingerprint density at radius 3 is 2.55 bits per heavy atom. The Hall–Kier alpha value is -3.72. The molecular weight excluding hydrogens is 376 g/mol. The molecule has 2 heterocycles. The number of imide groups is 1. The molecule has 2 N–H and O–H groups in total. The van der Waals surface area contributed by atoms with Crippen LogP contribution in [0.1, 0.15) is 12.1 Å². The molecular formula is C20H19N4O5+. The lowest BCUT2D eigenvalue weighted by Crippen LogP contribution is -2.44. The standard InChI is InChI=1S/C20H18N4O5/c1-28-15-9-7-14(8-10-15)24-17(20(27)29-22-24)12-21-16-11-18(25)23(19(16)26)13-5-3-2-4-6-13/h2-10,16,21H,11-12H2,1H3/p+1. The average molecular weight is 395 g/mol. The molecule has 0 spiro atoms. The van der Waals surface area contributed by atoms with Crippen LogP contribution in [-0.4, -0.2) is 30.2 Å². The number of methoxy groups -OCH3 is 1. The van der Waals surface area contributed by atoms with Crippen LogP contribution in [0, 0.1) is 0 Å². The first-order chi connectivity index (χ1) is 14.1. The number of rotatable bonds is 6. The van der Waals surface area contributed by atoms with E-state index < -0.39 is 11.7 Å². The number of para-hydroxylation sites is 1. The van der Waals surface area contributed by atoms with Gasteiger partial charge < -0.3 is 4.74 Å². The second kappa shape index (κ2) is 7.72. The molecule has 0 aliphatic carbocycles. The molecule has 1 aromatic heterocycles. The number of carbonyl (C=O) groups is 2. The topological polar surface area (TPSA) is 109 Å². The molecule has 0 radical (unpaired) electrons. The Bertz CT molecular complexity index is 1090. The normalized spacial score (nSPS) is 16.4. The summed E-state index contributed by atoms with van der Waals surface area (Å²) in [5.41, 5.74) is 0.896. The van der Waals surface area contributed by atoms with Crippen molar-refractivity contribution >= 4 is 17.5 Å². The van der Waals surface area contributed by atoms with Crippen molar-refractivity contribution in [1.82, 2.24) is 10.6 Å². The summed E-state index contributed by atoms with van der Waals surface area (Å²) in [7, 11) is 1.57. The van der Waals surface area contributed by atoms with Crippen LogP contribution in [0.4, 0.5) is 5.69 Å². The van der Waals surface area contributed by atoms with Crippen molar-refractivity contribution in [2.75, 3.05) is 12.0 Å². The Kier molecular flexibility index (Phi) is 4.96. The van der Waals surface area contributed by atoms with Crippen molar-refractivity contribution in [1.29, 1.82) is 0 Å². The Morgan fingerprint density at radius 1 is 1.14 bits per heavy atom. The summed E-state index contributed by atoms with van der Waals surface area (Å²) in [5, 5.41) is 5.54. The van der Waals surface area contributed by atoms with Crippen molar-refractivity contribution in [3.05, 3.63) is 70.7 Å². The van der Waals surface area contributed by atoms with E-state index in [0.717, 1.165) is 4.90 Å². The molecule has 3 aromatic rings. The van der Waals surface area contributed by atoms with Gasteiger partial charge in [0.05, 0.1) is 31.8 Å². The molecule has 0 saturated carbocycles. The number of amides is 2. The molecule has 2 aromatic carbocycles. The van der Waals surface area contributed by atoms with Gasteiger partial charge in [0, 0.05) is 12.1 Å². The fourth-order valence-corrected chi connectivity index (χ4v) is 3.24. The van der Waals surface area contributed by atoms with Gasteiger partial charge in [-0.3, -0.25) is 19.4 Å². The van der Waals surface area contributed by atoms with Gasteiger partial charge in [0.2, 0.25) is 11.6 Å². The van der Waals surface area contributed by atoms with Gasteiger partial charge in [-0.1, -0.05) is 18.2 Å². The smallest absolute Gasteiger partial charge is 0.431 e. The van der Waals surface area contributed by atoms with Crippen LogP contribution in [0.5, 0.6) is 5.75 Å². The van der Waals surface area contributed by atoms with Gasteiger partial charge >= 0.3 is 11.3 Å². The van der Waals surface area contributed by atoms with Gasteiger partial charge in [-0.25, -0.2) is 9.69 Å². The minimum Gasteiger partial charge on any atom is -0.497 e. The minimum atomic E-state index is -0.721. The van der Waals surface area contributed by atoms with Crippen molar-refractivity contribution in [3.63, 3.8) is 0 Å². The molecule has 2 amide bonds.